The number of hydrogen-bond donors (Lipinski definition) is 8. The Morgan fingerprint density at radius 3 is 2.41 bits per heavy atom. The molecule has 0 saturated carbocycles. The molecule has 0 radical (unpaired) electrons. The molecular weight excluding hydrogens is 486 g/mol. The molecule has 0 aromatic rings. The summed E-state index contributed by atoms with van der Waals surface area (Å²) in [6.07, 6.45) is -4.64. The summed E-state index contributed by atoms with van der Waals surface area (Å²) in [5.74, 6) is -1.84. The molecule has 2 fully saturated rings. The Balaban J connectivity index is 2.32. The number of nitrogens with two attached hydrogens (primary N) is 1. The summed E-state index contributed by atoms with van der Waals surface area (Å²) in [5, 5.41) is 58.3. The number of allylic oxidation sites excluding steroid dienone is 1. The van der Waals surface area contributed by atoms with Crippen molar-refractivity contribution in [3.8, 4) is 0 Å². The minimum absolute atomic E-state index is 0.0494. The smallest absolute Gasteiger partial charge is 0.314 e. The highest BCUT2D eigenvalue weighted by Gasteiger charge is 2.49. The lowest BCUT2D eigenvalue weighted by atomic mass is 9.86. The number of rotatable bonds is 10. The SMILES string of the molecule is CNC(=O)N[C@H]1[C@H](C[C@H](/C=C/C(C)C)OC2OC(C)C(O)C(N)C2O)O[C@](O)(C[C@@H](O)C(C)C)C[C@@H]1O. The van der Waals surface area contributed by atoms with Crippen LogP contribution in [0, 0.1) is 11.8 Å². The zero-order valence-corrected chi connectivity index (χ0v) is 22.7. The third-order valence-corrected chi connectivity index (χ3v) is 6.92. The highest BCUT2D eigenvalue weighted by Crippen LogP contribution is 2.35. The van der Waals surface area contributed by atoms with Crippen molar-refractivity contribution in [1.29, 1.82) is 0 Å². The topological polar surface area (TPSA) is 196 Å². The van der Waals surface area contributed by atoms with Crippen LogP contribution in [0.25, 0.3) is 0 Å². The van der Waals surface area contributed by atoms with E-state index in [0.29, 0.717) is 0 Å². The van der Waals surface area contributed by atoms with Gasteiger partial charge in [0.15, 0.2) is 12.1 Å². The lowest BCUT2D eigenvalue weighted by molar-refractivity contribution is -0.303. The molecule has 216 valence electrons. The Morgan fingerprint density at radius 2 is 1.84 bits per heavy atom. The fraction of sp³-hybridized carbons (Fsp3) is 0.880. The van der Waals surface area contributed by atoms with Crippen molar-refractivity contribution in [2.24, 2.45) is 17.6 Å². The lowest BCUT2D eigenvalue weighted by Crippen LogP contribution is -2.63. The van der Waals surface area contributed by atoms with E-state index in [0.717, 1.165) is 0 Å². The Labute approximate surface area is 219 Å². The van der Waals surface area contributed by atoms with E-state index in [4.69, 9.17) is 19.9 Å². The molecule has 5 unspecified atom stereocenters. The van der Waals surface area contributed by atoms with Crippen molar-refractivity contribution < 1.29 is 44.5 Å². The van der Waals surface area contributed by atoms with E-state index in [1.165, 1.54) is 7.05 Å². The predicted octanol–water partition coefficient (Wildman–Crippen LogP) is -0.689. The summed E-state index contributed by atoms with van der Waals surface area (Å²) in [4.78, 5) is 12.1. The molecule has 12 heteroatoms. The minimum Gasteiger partial charge on any atom is -0.393 e. The largest absolute Gasteiger partial charge is 0.393 e. The van der Waals surface area contributed by atoms with Crippen LogP contribution < -0.4 is 16.4 Å². The number of aliphatic hydroxyl groups excluding tert-OH is 4. The second-order valence-electron chi connectivity index (χ2n) is 10.9. The standard InChI is InChI=1S/C25H47N3O9/c1-12(2)7-8-15(36-23-22(32)19(26)21(31)14(5)35-23)9-18-20(28-24(33)27-6)17(30)11-25(34,37-18)10-16(29)13(3)4/h7-8,12-23,29-32,34H,9-11,26H2,1-6H3,(H2,27,28,33)/b8-7+/t14?,15-,16+,17-,18-,19?,20+,21?,22?,23?,25+/m0/s1. The van der Waals surface area contributed by atoms with Crippen LogP contribution in [0.3, 0.4) is 0 Å². The number of hydrogen-bond acceptors (Lipinski definition) is 10. The van der Waals surface area contributed by atoms with Crippen molar-refractivity contribution in [2.75, 3.05) is 7.05 Å². The zero-order chi connectivity index (χ0) is 28.1. The molecule has 0 spiro atoms. The molecular formula is C25H47N3O9. The molecule has 9 N–H and O–H groups in total. The van der Waals surface area contributed by atoms with Gasteiger partial charge in [-0.2, -0.15) is 0 Å². The van der Waals surface area contributed by atoms with Gasteiger partial charge in [0, 0.05) is 26.3 Å². The van der Waals surface area contributed by atoms with Gasteiger partial charge in [0.1, 0.15) is 6.10 Å². The first-order chi connectivity index (χ1) is 17.2. The van der Waals surface area contributed by atoms with E-state index in [1.54, 1.807) is 26.8 Å². The Bertz CT molecular complexity index is 755. The van der Waals surface area contributed by atoms with Gasteiger partial charge in [0.05, 0.1) is 48.7 Å². The number of carbonyl (C=O) groups excluding carboxylic acids is 1. The van der Waals surface area contributed by atoms with Crippen LogP contribution >= 0.6 is 0 Å². The third-order valence-electron chi connectivity index (χ3n) is 6.92. The molecule has 0 aromatic heterocycles. The molecule has 37 heavy (non-hydrogen) atoms. The maximum absolute atomic E-state index is 12.1. The molecule has 2 rings (SSSR count). The Kier molecular flexibility index (Phi) is 11.7. The summed E-state index contributed by atoms with van der Waals surface area (Å²) in [7, 11) is 1.44. The van der Waals surface area contributed by atoms with Gasteiger partial charge in [0.2, 0.25) is 0 Å². The van der Waals surface area contributed by atoms with Crippen LogP contribution in [0.4, 0.5) is 4.79 Å². The maximum atomic E-state index is 12.1. The van der Waals surface area contributed by atoms with Crippen LogP contribution in [0.15, 0.2) is 12.2 Å². The molecule has 0 aliphatic carbocycles. The van der Waals surface area contributed by atoms with E-state index in [-0.39, 0.29) is 31.1 Å². The second-order valence-corrected chi connectivity index (χ2v) is 10.9. The molecule has 11 atom stereocenters. The summed E-state index contributed by atoms with van der Waals surface area (Å²) in [5.41, 5.74) is 5.95. The van der Waals surface area contributed by atoms with Gasteiger partial charge >= 0.3 is 6.03 Å². The zero-order valence-electron chi connectivity index (χ0n) is 22.7. The summed E-state index contributed by atoms with van der Waals surface area (Å²) >= 11 is 0. The number of amides is 2. The molecule has 2 aliphatic rings. The van der Waals surface area contributed by atoms with Gasteiger partial charge < -0.3 is 56.1 Å². The summed E-state index contributed by atoms with van der Waals surface area (Å²) in [6, 6.07) is -2.43. The molecule has 2 aliphatic heterocycles. The van der Waals surface area contributed by atoms with Gasteiger partial charge in [0.25, 0.3) is 0 Å². The van der Waals surface area contributed by atoms with Crippen molar-refractivity contribution in [3.05, 3.63) is 12.2 Å². The van der Waals surface area contributed by atoms with Crippen LogP contribution in [-0.4, -0.2) is 106 Å². The van der Waals surface area contributed by atoms with Crippen molar-refractivity contribution in [3.63, 3.8) is 0 Å². The number of carbonyl (C=O) groups is 1. The second kappa shape index (κ2) is 13.6. The summed E-state index contributed by atoms with van der Waals surface area (Å²) < 4.78 is 17.8. The predicted molar refractivity (Wildman–Crippen MR) is 135 cm³/mol. The van der Waals surface area contributed by atoms with Gasteiger partial charge in [-0.1, -0.05) is 39.8 Å². The molecule has 0 aromatic carbocycles. The van der Waals surface area contributed by atoms with E-state index in [2.05, 4.69) is 10.6 Å². The average Bonchev–Trinajstić information content (AvgIpc) is 2.81. The summed E-state index contributed by atoms with van der Waals surface area (Å²) in [6.45, 7) is 9.17. The van der Waals surface area contributed by atoms with Crippen molar-refractivity contribution in [2.45, 2.75) is 121 Å². The fourth-order valence-electron chi connectivity index (χ4n) is 4.51. The van der Waals surface area contributed by atoms with Crippen LogP contribution in [0.1, 0.15) is 53.9 Å². The van der Waals surface area contributed by atoms with Crippen LogP contribution in [0.5, 0.6) is 0 Å². The number of urea groups is 1. The third kappa shape index (κ3) is 8.84. The Hall–Kier alpha value is -1.35. The van der Waals surface area contributed by atoms with Crippen LogP contribution in [0.2, 0.25) is 0 Å². The first-order valence-electron chi connectivity index (χ1n) is 13.0. The number of ether oxygens (including phenoxy) is 3. The van der Waals surface area contributed by atoms with Gasteiger partial charge in [-0.3, -0.25) is 0 Å². The first-order valence-corrected chi connectivity index (χ1v) is 13.0. The van der Waals surface area contributed by atoms with E-state index in [9.17, 15) is 30.3 Å². The molecule has 2 heterocycles. The van der Waals surface area contributed by atoms with Crippen molar-refractivity contribution in [1.82, 2.24) is 10.6 Å². The van der Waals surface area contributed by atoms with E-state index in [1.807, 2.05) is 19.9 Å². The monoisotopic (exact) mass is 533 g/mol. The van der Waals surface area contributed by atoms with E-state index < -0.39 is 72.9 Å². The average molecular weight is 534 g/mol. The highest BCUT2D eigenvalue weighted by molar-refractivity contribution is 5.74. The van der Waals surface area contributed by atoms with Gasteiger partial charge in [-0.15, -0.1) is 0 Å². The molecule has 12 nitrogen and oxygen atoms in total. The van der Waals surface area contributed by atoms with Gasteiger partial charge in [-0.25, -0.2) is 4.79 Å². The maximum Gasteiger partial charge on any atom is 0.314 e. The van der Waals surface area contributed by atoms with Gasteiger partial charge in [-0.05, 0) is 18.8 Å². The Morgan fingerprint density at radius 1 is 1.19 bits per heavy atom. The van der Waals surface area contributed by atoms with E-state index >= 15 is 0 Å². The van der Waals surface area contributed by atoms with Crippen LogP contribution in [-0.2, 0) is 14.2 Å². The number of nitrogens with one attached hydrogen (secondary N) is 2. The lowest BCUT2D eigenvalue weighted by Gasteiger charge is -2.46. The molecule has 2 amide bonds. The number of aliphatic hydroxyl groups is 5. The highest BCUT2D eigenvalue weighted by atomic mass is 16.7. The molecule has 0 bridgehead atoms. The first kappa shape index (κ1) is 31.9. The minimum atomic E-state index is -1.84. The van der Waals surface area contributed by atoms with Crippen molar-refractivity contribution >= 4 is 6.03 Å². The fourth-order valence-corrected chi connectivity index (χ4v) is 4.51. The normalized spacial score (nSPS) is 38.6. The molecule has 2 saturated heterocycles. The quantitative estimate of drug-likeness (QED) is 0.166.